The number of rotatable bonds is 13. The van der Waals surface area contributed by atoms with E-state index in [2.05, 4.69) is 6.92 Å². The van der Waals surface area contributed by atoms with Gasteiger partial charge in [0.1, 0.15) is 5.82 Å². The Morgan fingerprint density at radius 3 is 2.11 bits per heavy atom. The molecule has 2 aromatic carbocycles. The van der Waals surface area contributed by atoms with Crippen LogP contribution in [0.15, 0.2) is 48.5 Å². The molecule has 0 saturated carbocycles. The van der Waals surface area contributed by atoms with Crippen molar-refractivity contribution in [2.45, 2.75) is 66.3 Å². The maximum atomic E-state index is 13.8. The van der Waals surface area contributed by atoms with Crippen LogP contribution in [0.1, 0.15) is 87.8 Å². The van der Waals surface area contributed by atoms with Crippen molar-refractivity contribution >= 4 is 12.1 Å². The second-order valence-corrected chi connectivity index (χ2v) is 9.76. The zero-order valence-corrected chi connectivity index (χ0v) is 21.8. The summed E-state index contributed by atoms with van der Waals surface area (Å²) in [7, 11) is 0. The van der Waals surface area contributed by atoms with Crippen LogP contribution in [0.2, 0.25) is 0 Å². The number of nitrogens with zero attached hydrogens (tertiary/aromatic N) is 1. The lowest BCUT2D eigenvalue weighted by Gasteiger charge is -2.33. The fourth-order valence-corrected chi connectivity index (χ4v) is 3.77. The summed E-state index contributed by atoms with van der Waals surface area (Å²) in [5, 5.41) is 0. The van der Waals surface area contributed by atoms with Crippen molar-refractivity contribution < 1.29 is 23.5 Å². The maximum Gasteiger partial charge on any atom is 0.410 e. The lowest BCUT2D eigenvalue weighted by Crippen LogP contribution is -2.38. The second kappa shape index (κ2) is 14.5. The van der Waals surface area contributed by atoms with Gasteiger partial charge in [0.25, 0.3) is 0 Å². The van der Waals surface area contributed by atoms with Crippen molar-refractivity contribution in [1.29, 1.82) is 0 Å². The smallest absolute Gasteiger partial charge is 0.410 e. The van der Waals surface area contributed by atoms with Crippen LogP contribution in [0, 0.1) is 17.7 Å². The van der Waals surface area contributed by atoms with Crippen LogP contribution in [-0.4, -0.2) is 36.7 Å². The highest BCUT2D eigenvalue weighted by atomic mass is 19.1. The van der Waals surface area contributed by atoms with Gasteiger partial charge < -0.3 is 9.47 Å². The molecule has 0 aromatic heterocycles. The third-order valence-electron chi connectivity index (χ3n) is 5.55. The van der Waals surface area contributed by atoms with Gasteiger partial charge in [-0.15, -0.1) is 0 Å². The minimum Gasteiger partial charge on any atom is -0.462 e. The number of hydrogen-bond donors (Lipinski definition) is 0. The topological polar surface area (TPSA) is 55.8 Å². The molecule has 1 atom stereocenters. The highest BCUT2D eigenvalue weighted by molar-refractivity contribution is 5.91. The summed E-state index contributed by atoms with van der Waals surface area (Å²) in [6.07, 6.45) is 3.45. The minimum atomic E-state index is -0.625. The molecule has 0 heterocycles. The van der Waals surface area contributed by atoms with Crippen molar-refractivity contribution in [3.63, 3.8) is 0 Å². The minimum absolute atomic E-state index is 0.184. The first-order valence-corrected chi connectivity index (χ1v) is 12.7. The van der Waals surface area contributed by atoms with Gasteiger partial charge in [-0.2, -0.15) is 0 Å². The molecule has 1 amide bonds. The monoisotopic (exact) mass is 485 g/mol. The van der Waals surface area contributed by atoms with E-state index in [9.17, 15) is 14.0 Å². The molecule has 6 heteroatoms. The molecular formula is C29H40FNO4. The van der Waals surface area contributed by atoms with E-state index in [1.807, 2.05) is 39.8 Å². The van der Waals surface area contributed by atoms with E-state index in [1.165, 1.54) is 12.1 Å². The van der Waals surface area contributed by atoms with Gasteiger partial charge in [0.05, 0.1) is 24.8 Å². The third-order valence-corrected chi connectivity index (χ3v) is 5.55. The standard InChI is InChI=1S/C29H40FNO4/c1-6-7-8-11-18-31(29(33)35-20-22(4)5)27(23-14-16-24(30)17-15-23)25-12-9-10-13-26(25)28(32)34-19-21(2)3/h9-10,12-17,21-22,27H,6-8,11,18-20H2,1-5H3. The third kappa shape index (κ3) is 9.00. The Labute approximate surface area is 209 Å². The highest BCUT2D eigenvalue weighted by Crippen LogP contribution is 2.33. The van der Waals surface area contributed by atoms with E-state index in [1.54, 1.807) is 29.2 Å². The average Bonchev–Trinajstić information content (AvgIpc) is 2.84. The first-order chi connectivity index (χ1) is 16.7. The number of benzene rings is 2. The van der Waals surface area contributed by atoms with Crippen LogP contribution in [0.4, 0.5) is 9.18 Å². The molecule has 0 aliphatic carbocycles. The number of halogens is 1. The first kappa shape index (κ1) is 28.3. The maximum absolute atomic E-state index is 13.8. The Hall–Kier alpha value is -2.89. The molecule has 35 heavy (non-hydrogen) atoms. The Balaban J connectivity index is 2.54. The van der Waals surface area contributed by atoms with Crippen molar-refractivity contribution in [2.24, 2.45) is 11.8 Å². The van der Waals surface area contributed by atoms with Crippen LogP contribution in [0.5, 0.6) is 0 Å². The van der Waals surface area contributed by atoms with Crippen LogP contribution < -0.4 is 0 Å². The molecule has 0 N–H and O–H groups in total. The van der Waals surface area contributed by atoms with Gasteiger partial charge >= 0.3 is 12.1 Å². The first-order valence-electron chi connectivity index (χ1n) is 12.7. The van der Waals surface area contributed by atoms with Crippen molar-refractivity contribution in [1.82, 2.24) is 4.90 Å². The lowest BCUT2D eigenvalue weighted by molar-refractivity contribution is 0.0452. The molecule has 2 aromatic rings. The summed E-state index contributed by atoms with van der Waals surface area (Å²) in [5.74, 6) is -0.430. The summed E-state index contributed by atoms with van der Waals surface area (Å²) in [5.41, 5.74) is 1.72. The van der Waals surface area contributed by atoms with Crippen molar-refractivity contribution in [3.8, 4) is 0 Å². The molecule has 5 nitrogen and oxygen atoms in total. The van der Waals surface area contributed by atoms with Gasteiger partial charge in [-0.3, -0.25) is 4.90 Å². The molecular weight excluding hydrogens is 445 g/mol. The Morgan fingerprint density at radius 1 is 0.857 bits per heavy atom. The van der Waals surface area contributed by atoms with Gasteiger partial charge in [0.2, 0.25) is 0 Å². The van der Waals surface area contributed by atoms with Gasteiger partial charge in [0, 0.05) is 6.54 Å². The number of hydrogen-bond acceptors (Lipinski definition) is 4. The van der Waals surface area contributed by atoms with Gasteiger partial charge in [-0.25, -0.2) is 14.0 Å². The van der Waals surface area contributed by atoms with E-state index in [0.717, 1.165) is 25.7 Å². The zero-order chi connectivity index (χ0) is 25.8. The largest absolute Gasteiger partial charge is 0.462 e. The number of ether oxygens (including phenoxy) is 2. The van der Waals surface area contributed by atoms with E-state index in [0.29, 0.717) is 36.4 Å². The van der Waals surface area contributed by atoms with E-state index >= 15 is 0 Å². The molecule has 0 aliphatic rings. The van der Waals surface area contributed by atoms with Gasteiger partial charge in [-0.05, 0) is 47.6 Å². The molecule has 0 spiro atoms. The Kier molecular flexibility index (Phi) is 11.7. The van der Waals surface area contributed by atoms with Gasteiger partial charge in [-0.1, -0.05) is 84.2 Å². The fourth-order valence-electron chi connectivity index (χ4n) is 3.77. The average molecular weight is 486 g/mol. The molecule has 0 radical (unpaired) electrons. The number of carbonyl (C=O) groups excluding carboxylic acids is 2. The van der Waals surface area contributed by atoms with E-state index in [-0.39, 0.29) is 17.7 Å². The van der Waals surface area contributed by atoms with Crippen LogP contribution in [0.25, 0.3) is 0 Å². The van der Waals surface area contributed by atoms with Crippen molar-refractivity contribution in [3.05, 3.63) is 71.0 Å². The highest BCUT2D eigenvalue weighted by Gasteiger charge is 2.31. The normalized spacial score (nSPS) is 12.0. The van der Waals surface area contributed by atoms with E-state index in [4.69, 9.17) is 9.47 Å². The number of unbranched alkanes of at least 4 members (excludes halogenated alkanes) is 3. The summed E-state index contributed by atoms with van der Waals surface area (Å²) in [6, 6.07) is 12.6. The number of esters is 1. The summed E-state index contributed by atoms with van der Waals surface area (Å²) < 4.78 is 25.0. The molecule has 0 saturated heterocycles. The van der Waals surface area contributed by atoms with Crippen LogP contribution >= 0.6 is 0 Å². The fraction of sp³-hybridized carbons (Fsp3) is 0.517. The summed E-state index contributed by atoms with van der Waals surface area (Å²) >= 11 is 0. The zero-order valence-electron chi connectivity index (χ0n) is 21.8. The number of amides is 1. The number of carbonyl (C=O) groups is 2. The predicted molar refractivity (Wildman–Crippen MR) is 137 cm³/mol. The molecule has 0 fully saturated rings. The van der Waals surface area contributed by atoms with Crippen molar-refractivity contribution in [2.75, 3.05) is 19.8 Å². The van der Waals surface area contributed by atoms with Gasteiger partial charge in [0.15, 0.2) is 0 Å². The summed E-state index contributed by atoms with van der Waals surface area (Å²) in [4.78, 5) is 28.1. The molecule has 0 bridgehead atoms. The Morgan fingerprint density at radius 2 is 1.49 bits per heavy atom. The molecule has 1 unspecified atom stereocenters. The lowest BCUT2D eigenvalue weighted by atomic mass is 9.92. The van der Waals surface area contributed by atoms with E-state index < -0.39 is 18.1 Å². The van der Waals surface area contributed by atoms with Crippen LogP contribution in [0.3, 0.4) is 0 Å². The Bertz CT molecular complexity index is 927. The van der Waals surface area contributed by atoms with Crippen LogP contribution in [-0.2, 0) is 9.47 Å². The predicted octanol–water partition coefficient (Wildman–Crippen LogP) is 7.40. The molecule has 2 rings (SSSR count). The SMILES string of the molecule is CCCCCCN(C(=O)OCC(C)C)C(c1ccc(F)cc1)c1ccccc1C(=O)OCC(C)C. The molecule has 192 valence electrons. The summed E-state index contributed by atoms with van der Waals surface area (Å²) in [6.45, 7) is 11.1. The second-order valence-electron chi connectivity index (χ2n) is 9.76. The quantitative estimate of drug-likeness (QED) is 0.219. The molecule has 0 aliphatic heterocycles.